The van der Waals surface area contributed by atoms with Crippen molar-refractivity contribution in [1.82, 2.24) is 4.31 Å². The molecule has 1 aromatic carbocycles. The third-order valence-electron chi connectivity index (χ3n) is 5.78. The summed E-state index contributed by atoms with van der Waals surface area (Å²) in [6, 6.07) is 7.33. The molecule has 1 aliphatic carbocycles. The average Bonchev–Trinajstić information content (AvgIpc) is 3.01. The topological polar surface area (TPSA) is 37.4 Å². The van der Waals surface area contributed by atoms with Crippen LogP contribution in [0.2, 0.25) is 0 Å². The standard InChI is InChI=1S/C19H28INO2S/c1-16-8-10-18(11-9-16)24(22,23)21-13-5-12-19(21,15-20)14-17-6-3-2-4-7-17/h8-11,17H,2-7,12-15H2,1H3. The first-order valence-corrected chi connectivity index (χ1v) is 12.1. The van der Waals surface area contributed by atoms with Gasteiger partial charge in [-0.3, -0.25) is 0 Å². The number of halogens is 1. The first kappa shape index (κ1) is 18.6. The van der Waals surface area contributed by atoms with Gasteiger partial charge in [0, 0.05) is 16.5 Å². The van der Waals surface area contributed by atoms with Gasteiger partial charge >= 0.3 is 0 Å². The maximum atomic E-state index is 13.3. The molecular formula is C19H28INO2S. The molecule has 0 radical (unpaired) electrons. The van der Waals surface area contributed by atoms with Gasteiger partial charge in [0.2, 0.25) is 10.0 Å². The molecule has 24 heavy (non-hydrogen) atoms. The lowest BCUT2D eigenvalue weighted by atomic mass is 9.79. The molecule has 0 N–H and O–H groups in total. The lowest BCUT2D eigenvalue weighted by Crippen LogP contribution is -2.49. The molecule has 1 saturated heterocycles. The Morgan fingerprint density at radius 1 is 1.12 bits per heavy atom. The van der Waals surface area contributed by atoms with Gasteiger partial charge in [0.05, 0.1) is 4.90 Å². The SMILES string of the molecule is Cc1ccc(S(=O)(=O)N2CCCC2(CI)CC2CCCCC2)cc1. The summed E-state index contributed by atoms with van der Waals surface area (Å²) < 4.78 is 29.3. The monoisotopic (exact) mass is 461 g/mol. The van der Waals surface area contributed by atoms with Crippen molar-refractivity contribution in [2.75, 3.05) is 11.0 Å². The highest BCUT2D eigenvalue weighted by molar-refractivity contribution is 14.1. The highest BCUT2D eigenvalue weighted by Crippen LogP contribution is 2.43. The molecular weight excluding hydrogens is 433 g/mol. The largest absolute Gasteiger partial charge is 0.243 e. The van der Waals surface area contributed by atoms with Crippen molar-refractivity contribution in [1.29, 1.82) is 0 Å². The number of hydrogen-bond donors (Lipinski definition) is 0. The predicted octanol–water partition coefficient (Wildman–Crippen LogP) is 4.92. The first-order valence-electron chi connectivity index (χ1n) is 9.13. The van der Waals surface area contributed by atoms with E-state index in [0.29, 0.717) is 17.4 Å². The molecule has 3 nitrogen and oxygen atoms in total. The molecule has 3 rings (SSSR count). The fourth-order valence-corrected chi connectivity index (χ4v) is 7.63. The fourth-order valence-electron chi connectivity index (χ4n) is 4.45. The molecule has 0 bridgehead atoms. The van der Waals surface area contributed by atoms with E-state index in [1.165, 1.54) is 32.1 Å². The Bertz CT molecular complexity index is 652. The van der Waals surface area contributed by atoms with Crippen LogP contribution in [0.25, 0.3) is 0 Å². The summed E-state index contributed by atoms with van der Waals surface area (Å²) in [5.74, 6) is 0.697. The van der Waals surface area contributed by atoms with Gasteiger partial charge in [-0.2, -0.15) is 4.31 Å². The van der Waals surface area contributed by atoms with Crippen molar-refractivity contribution in [3.05, 3.63) is 29.8 Å². The Labute approximate surface area is 160 Å². The molecule has 1 saturated carbocycles. The second kappa shape index (κ2) is 7.62. The van der Waals surface area contributed by atoms with Gasteiger partial charge in [-0.15, -0.1) is 0 Å². The van der Waals surface area contributed by atoms with E-state index in [2.05, 4.69) is 22.6 Å². The van der Waals surface area contributed by atoms with Gasteiger partial charge in [-0.1, -0.05) is 72.4 Å². The molecule has 2 fully saturated rings. The minimum atomic E-state index is -3.40. The number of benzene rings is 1. The summed E-state index contributed by atoms with van der Waals surface area (Å²) in [7, 11) is -3.40. The molecule has 5 heteroatoms. The van der Waals surface area contributed by atoms with Crippen LogP contribution in [-0.4, -0.2) is 29.2 Å². The average molecular weight is 461 g/mol. The number of alkyl halides is 1. The molecule has 1 aromatic rings. The van der Waals surface area contributed by atoms with Crippen molar-refractivity contribution in [2.45, 2.75) is 68.7 Å². The van der Waals surface area contributed by atoms with E-state index >= 15 is 0 Å². The highest BCUT2D eigenvalue weighted by Gasteiger charge is 2.47. The molecule has 0 aromatic heterocycles. The molecule has 2 aliphatic rings. The van der Waals surface area contributed by atoms with Crippen LogP contribution in [0.4, 0.5) is 0 Å². The van der Waals surface area contributed by atoms with E-state index in [-0.39, 0.29) is 5.54 Å². The van der Waals surface area contributed by atoms with Crippen LogP contribution in [0.15, 0.2) is 29.2 Å². The van der Waals surface area contributed by atoms with E-state index < -0.39 is 10.0 Å². The van der Waals surface area contributed by atoms with Crippen LogP contribution >= 0.6 is 22.6 Å². The smallest absolute Gasteiger partial charge is 0.207 e. The molecule has 0 spiro atoms. The zero-order chi connectivity index (χ0) is 17.2. The van der Waals surface area contributed by atoms with Crippen molar-refractivity contribution in [2.24, 2.45) is 5.92 Å². The Kier molecular flexibility index (Phi) is 5.92. The maximum Gasteiger partial charge on any atom is 0.243 e. The number of sulfonamides is 1. The Balaban J connectivity index is 1.87. The zero-order valence-electron chi connectivity index (χ0n) is 14.5. The predicted molar refractivity (Wildman–Crippen MR) is 107 cm³/mol. The van der Waals surface area contributed by atoms with E-state index in [1.54, 1.807) is 12.1 Å². The van der Waals surface area contributed by atoms with Crippen LogP contribution in [0.1, 0.15) is 56.9 Å². The van der Waals surface area contributed by atoms with Crippen LogP contribution in [0.3, 0.4) is 0 Å². The summed E-state index contributed by atoms with van der Waals surface area (Å²) in [4.78, 5) is 0.452. The van der Waals surface area contributed by atoms with E-state index in [0.717, 1.165) is 29.3 Å². The quantitative estimate of drug-likeness (QED) is 0.461. The van der Waals surface area contributed by atoms with Gasteiger partial charge < -0.3 is 0 Å². The molecule has 1 atom stereocenters. The second-order valence-electron chi connectivity index (χ2n) is 7.56. The summed E-state index contributed by atoms with van der Waals surface area (Å²) in [5, 5.41) is 0. The van der Waals surface area contributed by atoms with E-state index in [1.807, 2.05) is 23.4 Å². The molecule has 1 heterocycles. The van der Waals surface area contributed by atoms with Crippen LogP contribution in [-0.2, 0) is 10.0 Å². The van der Waals surface area contributed by atoms with Gasteiger partial charge in [-0.25, -0.2) is 8.42 Å². The van der Waals surface area contributed by atoms with Crippen molar-refractivity contribution in [3.63, 3.8) is 0 Å². The van der Waals surface area contributed by atoms with Crippen LogP contribution in [0.5, 0.6) is 0 Å². The molecule has 1 aliphatic heterocycles. The fraction of sp³-hybridized carbons (Fsp3) is 0.684. The lowest BCUT2D eigenvalue weighted by Gasteiger charge is -2.40. The van der Waals surface area contributed by atoms with Crippen LogP contribution < -0.4 is 0 Å². The molecule has 134 valence electrons. The van der Waals surface area contributed by atoms with E-state index in [4.69, 9.17) is 0 Å². The van der Waals surface area contributed by atoms with Gasteiger partial charge in [0.25, 0.3) is 0 Å². The summed E-state index contributed by atoms with van der Waals surface area (Å²) in [6.45, 7) is 2.66. The third-order valence-corrected chi connectivity index (χ3v) is 9.22. The van der Waals surface area contributed by atoms with Crippen LogP contribution in [0, 0.1) is 12.8 Å². The molecule has 1 unspecified atom stereocenters. The number of nitrogens with zero attached hydrogens (tertiary/aromatic N) is 1. The Morgan fingerprint density at radius 2 is 1.79 bits per heavy atom. The summed E-state index contributed by atoms with van der Waals surface area (Å²) in [6.07, 6.45) is 9.56. The van der Waals surface area contributed by atoms with Crippen molar-refractivity contribution in [3.8, 4) is 0 Å². The maximum absolute atomic E-state index is 13.3. The zero-order valence-corrected chi connectivity index (χ0v) is 17.5. The Morgan fingerprint density at radius 3 is 2.42 bits per heavy atom. The van der Waals surface area contributed by atoms with Gasteiger partial charge in [-0.05, 0) is 44.2 Å². The first-order chi connectivity index (χ1) is 11.5. The number of aryl methyl sites for hydroxylation is 1. The van der Waals surface area contributed by atoms with Gasteiger partial charge in [0.1, 0.15) is 0 Å². The van der Waals surface area contributed by atoms with Crippen molar-refractivity contribution >= 4 is 32.6 Å². The second-order valence-corrected chi connectivity index (χ2v) is 10.2. The number of hydrogen-bond acceptors (Lipinski definition) is 2. The van der Waals surface area contributed by atoms with E-state index in [9.17, 15) is 8.42 Å². The number of rotatable bonds is 5. The van der Waals surface area contributed by atoms with Crippen molar-refractivity contribution < 1.29 is 8.42 Å². The minimum Gasteiger partial charge on any atom is -0.207 e. The summed E-state index contributed by atoms with van der Waals surface area (Å²) in [5.41, 5.74) is 0.921. The lowest BCUT2D eigenvalue weighted by molar-refractivity contribution is 0.192. The third kappa shape index (κ3) is 3.68. The van der Waals surface area contributed by atoms with Gasteiger partial charge in [0.15, 0.2) is 0 Å². The normalized spacial score (nSPS) is 26.8. The summed E-state index contributed by atoms with van der Waals surface area (Å²) >= 11 is 2.41. The minimum absolute atomic E-state index is 0.174. The molecule has 0 amide bonds. The highest BCUT2D eigenvalue weighted by atomic mass is 127. The Hall–Kier alpha value is -0.140.